The lowest BCUT2D eigenvalue weighted by molar-refractivity contribution is 0.296. The van der Waals surface area contributed by atoms with E-state index in [0.717, 1.165) is 16.5 Å². The average Bonchev–Trinajstić information content (AvgIpc) is 2.53. The molecule has 0 aromatic heterocycles. The van der Waals surface area contributed by atoms with Crippen molar-refractivity contribution in [2.24, 2.45) is 5.73 Å². The van der Waals surface area contributed by atoms with Crippen molar-refractivity contribution in [3.05, 3.63) is 22.2 Å². The number of hydrogen-bond donors (Lipinski definition) is 1. The van der Waals surface area contributed by atoms with E-state index in [1.807, 2.05) is 6.07 Å². The monoisotopic (exact) mass is 282 g/mol. The summed E-state index contributed by atoms with van der Waals surface area (Å²) in [5.74, 6) is 1.33. The van der Waals surface area contributed by atoms with Gasteiger partial charge in [0.15, 0.2) is 11.5 Å². The second-order valence-corrected chi connectivity index (χ2v) is 4.34. The molecule has 0 aliphatic carbocycles. The Morgan fingerprint density at radius 2 is 2.12 bits per heavy atom. The van der Waals surface area contributed by atoms with Crippen molar-refractivity contribution in [2.75, 3.05) is 13.2 Å². The van der Waals surface area contributed by atoms with E-state index < -0.39 is 6.04 Å². The van der Waals surface area contributed by atoms with Crippen LogP contribution in [0.3, 0.4) is 0 Å². The summed E-state index contributed by atoms with van der Waals surface area (Å²) in [6.07, 6.45) is 0.848. The number of nitriles is 1. The predicted molar refractivity (Wildman–Crippen MR) is 62.3 cm³/mol. The maximum atomic E-state index is 8.78. The maximum absolute atomic E-state index is 8.78. The van der Waals surface area contributed by atoms with Gasteiger partial charge in [-0.25, -0.2) is 0 Å². The molecule has 1 aromatic carbocycles. The highest BCUT2D eigenvalue weighted by Crippen LogP contribution is 2.39. The first kappa shape index (κ1) is 11.2. The number of nitrogens with two attached hydrogens (primary N) is 1. The highest BCUT2D eigenvalue weighted by Gasteiger charge is 2.17. The molecule has 0 saturated carbocycles. The fraction of sp³-hybridized carbons (Fsp3) is 0.364. The Morgan fingerprint density at radius 1 is 1.38 bits per heavy atom. The Kier molecular flexibility index (Phi) is 3.32. The fourth-order valence-electron chi connectivity index (χ4n) is 1.50. The molecule has 1 aliphatic rings. The molecule has 0 fully saturated rings. The van der Waals surface area contributed by atoms with Crippen LogP contribution in [-0.4, -0.2) is 13.2 Å². The maximum Gasteiger partial charge on any atom is 0.175 e. The molecule has 2 rings (SSSR count). The van der Waals surface area contributed by atoms with Gasteiger partial charge in [-0.3, -0.25) is 0 Å². The third-order valence-electron chi connectivity index (χ3n) is 2.32. The molecule has 0 radical (unpaired) electrons. The number of halogens is 1. The molecule has 0 saturated heterocycles. The van der Waals surface area contributed by atoms with Crippen molar-refractivity contribution in [1.82, 2.24) is 0 Å². The minimum atomic E-state index is -0.645. The first-order valence-electron chi connectivity index (χ1n) is 4.96. The molecular weight excluding hydrogens is 272 g/mol. The molecule has 1 heterocycles. The first-order valence-corrected chi connectivity index (χ1v) is 5.76. The zero-order valence-electron chi connectivity index (χ0n) is 8.57. The molecule has 0 amide bonds. The zero-order valence-corrected chi connectivity index (χ0v) is 10.2. The predicted octanol–water partition coefficient (Wildman–Crippen LogP) is 2.13. The van der Waals surface area contributed by atoms with Crippen LogP contribution in [0.2, 0.25) is 0 Å². The number of rotatable bonds is 1. The quantitative estimate of drug-likeness (QED) is 0.857. The third kappa shape index (κ3) is 2.13. The summed E-state index contributed by atoms with van der Waals surface area (Å²) >= 11 is 3.40. The van der Waals surface area contributed by atoms with Crippen molar-refractivity contribution < 1.29 is 9.47 Å². The Morgan fingerprint density at radius 3 is 2.88 bits per heavy atom. The van der Waals surface area contributed by atoms with Crippen LogP contribution in [-0.2, 0) is 0 Å². The van der Waals surface area contributed by atoms with E-state index in [9.17, 15) is 0 Å². The largest absolute Gasteiger partial charge is 0.490 e. The van der Waals surface area contributed by atoms with Crippen molar-refractivity contribution in [3.63, 3.8) is 0 Å². The summed E-state index contributed by atoms with van der Waals surface area (Å²) < 4.78 is 11.9. The number of benzene rings is 1. The van der Waals surface area contributed by atoms with E-state index in [2.05, 4.69) is 15.9 Å². The van der Waals surface area contributed by atoms with Gasteiger partial charge in [-0.15, -0.1) is 0 Å². The number of hydrogen-bond acceptors (Lipinski definition) is 4. The van der Waals surface area contributed by atoms with Gasteiger partial charge in [0.2, 0.25) is 0 Å². The van der Waals surface area contributed by atoms with Gasteiger partial charge in [0, 0.05) is 6.42 Å². The Balaban J connectivity index is 2.44. The van der Waals surface area contributed by atoms with Gasteiger partial charge in [0.1, 0.15) is 6.04 Å². The van der Waals surface area contributed by atoms with Crippen LogP contribution in [0.15, 0.2) is 16.6 Å². The third-order valence-corrected chi connectivity index (χ3v) is 2.91. The molecule has 84 valence electrons. The van der Waals surface area contributed by atoms with E-state index in [-0.39, 0.29) is 0 Å². The van der Waals surface area contributed by atoms with Crippen molar-refractivity contribution >= 4 is 15.9 Å². The lowest BCUT2D eigenvalue weighted by Crippen LogP contribution is -2.07. The Labute approximate surface area is 102 Å². The van der Waals surface area contributed by atoms with Crippen LogP contribution in [0, 0.1) is 11.3 Å². The Hall–Kier alpha value is -1.25. The number of ether oxygens (including phenoxy) is 2. The molecule has 0 spiro atoms. The van der Waals surface area contributed by atoms with Crippen molar-refractivity contribution in [3.8, 4) is 17.6 Å². The zero-order chi connectivity index (χ0) is 11.5. The van der Waals surface area contributed by atoms with Crippen LogP contribution in [0.4, 0.5) is 0 Å². The summed E-state index contributed by atoms with van der Waals surface area (Å²) in [5.41, 5.74) is 6.38. The van der Waals surface area contributed by atoms with Gasteiger partial charge in [0.25, 0.3) is 0 Å². The van der Waals surface area contributed by atoms with Crippen LogP contribution in [0.1, 0.15) is 18.0 Å². The van der Waals surface area contributed by atoms with Gasteiger partial charge in [-0.05, 0) is 33.6 Å². The van der Waals surface area contributed by atoms with Gasteiger partial charge < -0.3 is 15.2 Å². The van der Waals surface area contributed by atoms with Crippen LogP contribution < -0.4 is 15.2 Å². The SMILES string of the molecule is N#CC(N)c1cc(Br)c2c(c1)OCCCO2. The van der Waals surface area contributed by atoms with Crippen molar-refractivity contribution in [2.45, 2.75) is 12.5 Å². The summed E-state index contributed by atoms with van der Waals surface area (Å²) in [4.78, 5) is 0. The van der Waals surface area contributed by atoms with E-state index >= 15 is 0 Å². The van der Waals surface area contributed by atoms with Crippen LogP contribution in [0.25, 0.3) is 0 Å². The molecule has 1 atom stereocenters. The lowest BCUT2D eigenvalue weighted by Gasteiger charge is -2.12. The van der Waals surface area contributed by atoms with E-state index in [0.29, 0.717) is 24.7 Å². The normalized spacial score (nSPS) is 16.1. The minimum Gasteiger partial charge on any atom is -0.490 e. The smallest absolute Gasteiger partial charge is 0.175 e. The molecular formula is C11H11BrN2O2. The van der Waals surface area contributed by atoms with Crippen LogP contribution >= 0.6 is 15.9 Å². The summed E-state index contributed by atoms with van der Waals surface area (Å²) in [6.45, 7) is 1.25. The molecule has 4 nitrogen and oxygen atoms in total. The second-order valence-electron chi connectivity index (χ2n) is 3.49. The first-order chi connectivity index (χ1) is 7.72. The fourth-order valence-corrected chi connectivity index (χ4v) is 2.08. The molecule has 16 heavy (non-hydrogen) atoms. The second kappa shape index (κ2) is 4.73. The topological polar surface area (TPSA) is 68.3 Å². The minimum absolute atomic E-state index is 0.616. The highest BCUT2D eigenvalue weighted by atomic mass is 79.9. The summed E-state index contributed by atoms with van der Waals surface area (Å²) in [5, 5.41) is 8.78. The van der Waals surface area contributed by atoms with Gasteiger partial charge in [-0.1, -0.05) is 0 Å². The number of fused-ring (bicyclic) bond motifs is 1. The average molecular weight is 283 g/mol. The van der Waals surface area contributed by atoms with Crippen molar-refractivity contribution in [1.29, 1.82) is 5.26 Å². The van der Waals surface area contributed by atoms with Gasteiger partial charge >= 0.3 is 0 Å². The van der Waals surface area contributed by atoms with E-state index in [1.54, 1.807) is 12.1 Å². The van der Waals surface area contributed by atoms with Gasteiger partial charge in [0.05, 0.1) is 23.8 Å². The summed E-state index contributed by atoms with van der Waals surface area (Å²) in [6, 6.07) is 4.90. The standard InChI is InChI=1S/C11H11BrN2O2/c12-8-4-7(9(14)6-13)5-10-11(8)16-3-1-2-15-10/h4-5,9H,1-3,14H2. The van der Waals surface area contributed by atoms with E-state index in [4.69, 9.17) is 20.5 Å². The number of nitrogens with zero attached hydrogens (tertiary/aromatic N) is 1. The molecule has 1 aliphatic heterocycles. The molecule has 5 heteroatoms. The van der Waals surface area contributed by atoms with Gasteiger partial charge in [-0.2, -0.15) is 5.26 Å². The molecule has 0 bridgehead atoms. The molecule has 2 N–H and O–H groups in total. The molecule has 1 unspecified atom stereocenters. The summed E-state index contributed by atoms with van der Waals surface area (Å²) in [7, 11) is 0. The Bertz CT molecular complexity index is 442. The lowest BCUT2D eigenvalue weighted by atomic mass is 10.1. The van der Waals surface area contributed by atoms with E-state index in [1.165, 1.54) is 0 Å². The van der Waals surface area contributed by atoms with Crippen LogP contribution in [0.5, 0.6) is 11.5 Å². The molecule has 1 aromatic rings. The highest BCUT2D eigenvalue weighted by molar-refractivity contribution is 9.10.